The van der Waals surface area contributed by atoms with Crippen LogP contribution in [0.2, 0.25) is 0 Å². The highest BCUT2D eigenvalue weighted by Gasteiger charge is 2.63. The molecule has 0 spiro atoms. The quantitative estimate of drug-likeness (QED) is 0.409. The summed E-state index contributed by atoms with van der Waals surface area (Å²) in [6, 6.07) is -1.80. The third kappa shape index (κ3) is 5.82. The molecule has 5 rings (SSSR count). The number of sulfonamides is 1. The van der Waals surface area contributed by atoms with Crippen LogP contribution in [0, 0.1) is 5.92 Å². The molecular weight excluding hydrogens is 562 g/mol. The van der Waals surface area contributed by atoms with Gasteiger partial charge in [-0.1, -0.05) is 25.0 Å². The first-order valence-corrected chi connectivity index (χ1v) is 16.4. The molecule has 4 aliphatic rings. The molecule has 3 N–H and O–H groups in total. The first-order valence-electron chi connectivity index (χ1n) is 14.9. The van der Waals surface area contributed by atoms with Gasteiger partial charge in [0.15, 0.2) is 0 Å². The van der Waals surface area contributed by atoms with E-state index in [1.807, 2.05) is 26.0 Å². The third-order valence-electron chi connectivity index (χ3n) is 9.04. The lowest BCUT2D eigenvalue weighted by molar-refractivity contribution is -0.141. The molecule has 1 aromatic heterocycles. The summed E-state index contributed by atoms with van der Waals surface area (Å²) < 4.78 is 28.4. The predicted octanol–water partition coefficient (Wildman–Crippen LogP) is 1.34. The van der Waals surface area contributed by atoms with E-state index < -0.39 is 50.1 Å². The van der Waals surface area contributed by atoms with Crippen LogP contribution in [0.25, 0.3) is 0 Å². The van der Waals surface area contributed by atoms with Crippen LogP contribution >= 0.6 is 0 Å². The van der Waals surface area contributed by atoms with Crippen LogP contribution in [-0.2, 0) is 24.4 Å². The van der Waals surface area contributed by atoms with Gasteiger partial charge >= 0.3 is 0 Å². The number of amides is 4. The molecule has 3 heterocycles. The van der Waals surface area contributed by atoms with Gasteiger partial charge in [0.25, 0.3) is 11.8 Å². The van der Waals surface area contributed by atoms with Crippen molar-refractivity contribution < 1.29 is 27.6 Å². The van der Waals surface area contributed by atoms with Crippen molar-refractivity contribution in [2.24, 2.45) is 5.92 Å². The molecule has 2 aliphatic heterocycles. The van der Waals surface area contributed by atoms with Crippen molar-refractivity contribution in [3.05, 3.63) is 24.3 Å². The molecule has 14 heteroatoms. The van der Waals surface area contributed by atoms with E-state index in [-0.39, 0.29) is 30.1 Å². The van der Waals surface area contributed by atoms with Gasteiger partial charge in [-0.3, -0.25) is 23.9 Å². The van der Waals surface area contributed by atoms with E-state index in [9.17, 15) is 27.6 Å². The second-order valence-corrected chi connectivity index (χ2v) is 14.8. The molecule has 0 bridgehead atoms. The van der Waals surface area contributed by atoms with Crippen LogP contribution in [0.3, 0.4) is 0 Å². The predicted molar refractivity (Wildman–Crippen MR) is 152 cm³/mol. The average molecular weight is 604 g/mol. The van der Waals surface area contributed by atoms with E-state index in [1.165, 1.54) is 15.9 Å². The van der Waals surface area contributed by atoms with Crippen LogP contribution in [0.1, 0.15) is 102 Å². The molecule has 4 atom stereocenters. The molecular formula is C28H41N7O6S. The summed E-state index contributed by atoms with van der Waals surface area (Å²) in [5, 5.41) is 9.81. The highest BCUT2D eigenvalue weighted by Crippen LogP contribution is 2.47. The Labute approximate surface area is 246 Å². The molecule has 1 saturated heterocycles. The molecule has 0 radical (unpaired) electrons. The molecule has 2 saturated carbocycles. The Morgan fingerprint density at radius 1 is 1.12 bits per heavy atom. The van der Waals surface area contributed by atoms with E-state index in [0.717, 1.165) is 19.3 Å². The molecule has 230 valence electrons. The van der Waals surface area contributed by atoms with Crippen molar-refractivity contribution in [3.8, 4) is 0 Å². The Kier molecular flexibility index (Phi) is 8.20. The van der Waals surface area contributed by atoms with E-state index in [2.05, 4.69) is 25.4 Å². The number of rotatable bonds is 6. The summed E-state index contributed by atoms with van der Waals surface area (Å²) >= 11 is 0. The minimum Gasteiger partial charge on any atom is -0.339 e. The van der Waals surface area contributed by atoms with E-state index in [4.69, 9.17) is 0 Å². The van der Waals surface area contributed by atoms with Crippen molar-refractivity contribution in [2.45, 2.75) is 113 Å². The second-order valence-electron chi connectivity index (χ2n) is 12.6. The van der Waals surface area contributed by atoms with Crippen LogP contribution in [0.4, 0.5) is 0 Å². The average Bonchev–Trinajstić information content (AvgIpc) is 3.67. The standard InChI is InChI=1S/C28H41N7O6S/c1-18(2)35-22(29-17-30-35)24(37)31-20-11-8-6-4-5-7-10-19-16-28(19,26(39)33-42(40,41)27(3)13-14-27)32-23(36)21-12-9-15-34(21)25(20)38/h7,10,17-21H,4-6,8-9,11-16H2,1-3H3,(H,31,37)(H,32,36)(H,33,39)/b10-7-/t19-,20+,21+,28-/m1/s1. The van der Waals surface area contributed by atoms with Crippen LogP contribution < -0.4 is 15.4 Å². The summed E-state index contributed by atoms with van der Waals surface area (Å²) in [7, 11) is -3.89. The van der Waals surface area contributed by atoms with Gasteiger partial charge in [0.1, 0.15) is 23.9 Å². The van der Waals surface area contributed by atoms with Gasteiger partial charge in [-0.25, -0.2) is 18.1 Å². The van der Waals surface area contributed by atoms with E-state index >= 15 is 0 Å². The summed E-state index contributed by atoms with van der Waals surface area (Å²) in [5.41, 5.74) is -1.39. The number of hydrogen-bond acceptors (Lipinski definition) is 8. The zero-order chi connectivity index (χ0) is 30.3. The highest BCUT2D eigenvalue weighted by molar-refractivity contribution is 7.91. The van der Waals surface area contributed by atoms with Gasteiger partial charge in [0.2, 0.25) is 27.7 Å². The molecule has 13 nitrogen and oxygen atoms in total. The number of nitrogens with zero attached hydrogens (tertiary/aromatic N) is 4. The number of aromatic nitrogens is 3. The van der Waals surface area contributed by atoms with E-state index in [0.29, 0.717) is 45.1 Å². The highest BCUT2D eigenvalue weighted by atomic mass is 32.2. The van der Waals surface area contributed by atoms with E-state index in [1.54, 1.807) is 6.92 Å². The Bertz CT molecular complexity index is 1380. The summed E-state index contributed by atoms with van der Waals surface area (Å²) in [6.07, 6.45) is 10.9. The number of nitrogens with one attached hydrogen (secondary N) is 3. The lowest BCUT2D eigenvalue weighted by atomic mass is 10.0. The minimum atomic E-state index is -3.89. The molecule has 42 heavy (non-hydrogen) atoms. The fourth-order valence-electron chi connectivity index (χ4n) is 5.89. The SMILES string of the molecule is CC(C)n1ncnc1C(=O)N[C@H]1CCCCC/C=C\[C@@H]2C[C@@]2(C(=O)NS(=O)(=O)C2(C)CC2)NC(=O)[C@@H]2CCCN2C1=O. The fourth-order valence-corrected chi connectivity index (χ4v) is 7.20. The van der Waals surface area contributed by atoms with Gasteiger partial charge in [-0.2, -0.15) is 5.10 Å². The van der Waals surface area contributed by atoms with Gasteiger partial charge in [-0.05, 0) is 72.1 Å². The van der Waals surface area contributed by atoms with Gasteiger partial charge in [-0.15, -0.1) is 0 Å². The van der Waals surface area contributed by atoms with Crippen molar-refractivity contribution in [1.29, 1.82) is 0 Å². The van der Waals surface area contributed by atoms with Crippen molar-refractivity contribution in [2.75, 3.05) is 6.54 Å². The Balaban J connectivity index is 1.37. The number of fused-ring (bicyclic) bond motifs is 2. The first kappa shape index (κ1) is 30.2. The van der Waals surface area contributed by atoms with Crippen molar-refractivity contribution in [3.63, 3.8) is 0 Å². The van der Waals surface area contributed by atoms with Crippen LogP contribution in [0.15, 0.2) is 18.5 Å². The van der Waals surface area contributed by atoms with Gasteiger partial charge in [0.05, 0.1) is 4.75 Å². The van der Waals surface area contributed by atoms with Crippen molar-refractivity contribution >= 4 is 33.7 Å². The van der Waals surface area contributed by atoms with Gasteiger partial charge in [0, 0.05) is 18.5 Å². The maximum absolute atomic E-state index is 13.9. The maximum atomic E-state index is 13.9. The zero-order valence-corrected chi connectivity index (χ0v) is 25.3. The topological polar surface area (TPSA) is 172 Å². The number of allylic oxidation sites excluding steroid dienone is 1. The minimum absolute atomic E-state index is 0.102. The summed E-state index contributed by atoms with van der Waals surface area (Å²) in [4.78, 5) is 59.7. The Morgan fingerprint density at radius 2 is 1.88 bits per heavy atom. The number of hydrogen-bond donors (Lipinski definition) is 3. The first-order chi connectivity index (χ1) is 19.9. The molecule has 0 aromatic carbocycles. The molecule has 3 fully saturated rings. The normalized spacial score (nSPS) is 30.3. The lowest BCUT2D eigenvalue weighted by Gasteiger charge is -2.30. The lowest BCUT2D eigenvalue weighted by Crippen LogP contribution is -2.58. The molecule has 0 unspecified atom stereocenters. The third-order valence-corrected chi connectivity index (χ3v) is 11.2. The summed E-state index contributed by atoms with van der Waals surface area (Å²) in [5.74, 6) is -2.34. The zero-order valence-electron chi connectivity index (χ0n) is 24.5. The molecule has 1 aromatic rings. The molecule has 2 aliphatic carbocycles. The summed E-state index contributed by atoms with van der Waals surface area (Å²) in [6.45, 7) is 5.69. The van der Waals surface area contributed by atoms with Crippen LogP contribution in [0.5, 0.6) is 0 Å². The second kappa shape index (κ2) is 11.4. The maximum Gasteiger partial charge on any atom is 0.289 e. The van der Waals surface area contributed by atoms with Crippen molar-refractivity contribution in [1.82, 2.24) is 35.0 Å². The Morgan fingerprint density at radius 3 is 2.60 bits per heavy atom. The fraction of sp³-hybridized carbons (Fsp3) is 0.714. The monoisotopic (exact) mass is 603 g/mol. The Hall–Kier alpha value is -3.29. The largest absolute Gasteiger partial charge is 0.339 e. The molecule has 4 amide bonds. The number of carbonyl (C=O) groups excluding carboxylic acids is 4. The van der Waals surface area contributed by atoms with Crippen LogP contribution in [-0.4, -0.2) is 80.6 Å². The van der Waals surface area contributed by atoms with Gasteiger partial charge < -0.3 is 15.5 Å². The number of carbonyl (C=O) groups is 4. The smallest absolute Gasteiger partial charge is 0.289 e.